The maximum Gasteiger partial charge on any atom is 0.136 e. The molecule has 0 unspecified atom stereocenters. The Morgan fingerprint density at radius 2 is 1.02 bits per heavy atom. The smallest absolute Gasteiger partial charge is 0.136 e. The van der Waals surface area contributed by atoms with E-state index >= 15 is 0 Å². The highest BCUT2D eigenvalue weighted by Gasteiger charge is 2.18. The van der Waals surface area contributed by atoms with E-state index in [9.17, 15) is 0 Å². The second-order valence-corrected chi connectivity index (χ2v) is 10.6. The minimum atomic E-state index is 0.898. The molecule has 0 radical (unpaired) electrons. The molecule has 0 fully saturated rings. The van der Waals surface area contributed by atoms with Crippen LogP contribution in [-0.2, 0) is 0 Å². The third-order valence-electron chi connectivity index (χ3n) is 8.06. The van der Waals surface area contributed by atoms with E-state index in [0.717, 1.165) is 50.1 Å². The van der Waals surface area contributed by atoms with Crippen molar-refractivity contribution in [2.24, 2.45) is 0 Å². The molecule has 0 aliphatic rings. The van der Waals surface area contributed by atoms with Crippen molar-refractivity contribution in [3.05, 3.63) is 164 Å². The van der Waals surface area contributed by atoms with Crippen molar-refractivity contribution >= 4 is 49.8 Å². The van der Waals surface area contributed by atoms with Crippen LogP contribution in [-0.4, -0.2) is 0 Å². The fourth-order valence-corrected chi connectivity index (χ4v) is 5.98. The van der Waals surface area contributed by atoms with Gasteiger partial charge < -0.3 is 9.32 Å². The average Bonchev–Trinajstić information content (AvgIpc) is 3.44. The minimum Gasteiger partial charge on any atom is -0.456 e. The van der Waals surface area contributed by atoms with Crippen molar-refractivity contribution in [1.29, 1.82) is 0 Å². The van der Waals surface area contributed by atoms with Crippen molar-refractivity contribution < 1.29 is 4.42 Å². The summed E-state index contributed by atoms with van der Waals surface area (Å²) in [5.74, 6) is 0. The number of hydrogen-bond acceptors (Lipinski definition) is 2. The molecule has 2 heteroatoms. The van der Waals surface area contributed by atoms with Gasteiger partial charge in [0.2, 0.25) is 0 Å². The molecule has 42 heavy (non-hydrogen) atoms. The molecule has 8 rings (SSSR count). The van der Waals surface area contributed by atoms with Crippen LogP contribution in [0.4, 0.5) is 17.1 Å². The largest absolute Gasteiger partial charge is 0.456 e. The number of benzene rings is 7. The number of hydrogen-bond donors (Lipinski definition) is 0. The number of anilines is 3. The summed E-state index contributed by atoms with van der Waals surface area (Å²) in [5, 5.41) is 4.78. The molecule has 2 nitrogen and oxygen atoms in total. The van der Waals surface area contributed by atoms with Gasteiger partial charge in [0.15, 0.2) is 0 Å². The van der Waals surface area contributed by atoms with Crippen molar-refractivity contribution in [2.45, 2.75) is 0 Å². The summed E-state index contributed by atoms with van der Waals surface area (Å²) < 4.78 is 6.25. The van der Waals surface area contributed by atoms with Crippen LogP contribution >= 0.6 is 0 Å². The van der Waals surface area contributed by atoms with Gasteiger partial charge in [-0.25, -0.2) is 0 Å². The molecule has 0 N–H and O–H groups in total. The molecule has 0 spiro atoms. The zero-order valence-corrected chi connectivity index (χ0v) is 22.9. The second kappa shape index (κ2) is 10.1. The fourth-order valence-electron chi connectivity index (χ4n) is 5.98. The fraction of sp³-hybridized carbons (Fsp3) is 0. The molecule has 0 bridgehead atoms. The molecule has 0 aliphatic carbocycles. The van der Waals surface area contributed by atoms with Crippen molar-refractivity contribution in [1.82, 2.24) is 0 Å². The maximum atomic E-state index is 6.25. The van der Waals surface area contributed by atoms with Gasteiger partial charge in [-0.1, -0.05) is 109 Å². The number of fused-ring (bicyclic) bond motifs is 4. The van der Waals surface area contributed by atoms with E-state index in [4.69, 9.17) is 4.42 Å². The molecule has 7 aromatic carbocycles. The van der Waals surface area contributed by atoms with Crippen LogP contribution in [0, 0.1) is 0 Å². The summed E-state index contributed by atoms with van der Waals surface area (Å²) in [4.78, 5) is 2.34. The highest BCUT2D eigenvalue weighted by Crippen LogP contribution is 2.42. The SMILES string of the molecule is c1ccc(N(c2ccc(-c3ccc4ccccc4c3)cc2)c2ccccc2-c2ccc3c(c2)oc2ccccc23)cc1. The molecule has 8 aromatic rings. The lowest BCUT2D eigenvalue weighted by Gasteiger charge is -2.28. The van der Waals surface area contributed by atoms with E-state index < -0.39 is 0 Å². The van der Waals surface area contributed by atoms with Gasteiger partial charge in [-0.05, 0) is 82.1 Å². The number of rotatable bonds is 5. The molecular weight excluding hydrogens is 510 g/mol. The lowest BCUT2D eigenvalue weighted by molar-refractivity contribution is 0.669. The summed E-state index contributed by atoms with van der Waals surface area (Å²) >= 11 is 0. The van der Waals surface area contributed by atoms with E-state index in [1.165, 1.54) is 21.9 Å². The van der Waals surface area contributed by atoms with Gasteiger partial charge in [0.1, 0.15) is 11.2 Å². The first-order chi connectivity index (χ1) is 20.8. The van der Waals surface area contributed by atoms with Crippen molar-refractivity contribution in [3.8, 4) is 22.3 Å². The van der Waals surface area contributed by atoms with Crippen LogP contribution in [0.15, 0.2) is 168 Å². The van der Waals surface area contributed by atoms with Crippen LogP contribution in [0.1, 0.15) is 0 Å². The highest BCUT2D eigenvalue weighted by molar-refractivity contribution is 6.06. The summed E-state index contributed by atoms with van der Waals surface area (Å²) in [5.41, 5.74) is 9.79. The normalized spacial score (nSPS) is 11.3. The quantitative estimate of drug-likeness (QED) is 0.217. The van der Waals surface area contributed by atoms with Crippen LogP contribution in [0.5, 0.6) is 0 Å². The Kier molecular flexibility index (Phi) is 5.82. The van der Waals surface area contributed by atoms with Gasteiger partial charge in [0.25, 0.3) is 0 Å². The molecule has 0 saturated heterocycles. The van der Waals surface area contributed by atoms with Gasteiger partial charge >= 0.3 is 0 Å². The molecule has 1 aromatic heterocycles. The maximum absolute atomic E-state index is 6.25. The molecule has 0 atom stereocenters. The summed E-state index contributed by atoms with van der Waals surface area (Å²) in [7, 11) is 0. The van der Waals surface area contributed by atoms with E-state index in [0.29, 0.717) is 0 Å². The summed E-state index contributed by atoms with van der Waals surface area (Å²) in [6, 6.07) is 58.0. The Morgan fingerprint density at radius 1 is 0.381 bits per heavy atom. The average molecular weight is 538 g/mol. The zero-order chi connectivity index (χ0) is 27.9. The molecule has 0 saturated carbocycles. The highest BCUT2D eigenvalue weighted by atomic mass is 16.3. The molecule has 0 aliphatic heterocycles. The molecule has 1 heterocycles. The lowest BCUT2D eigenvalue weighted by Crippen LogP contribution is -2.11. The standard InChI is InChI=1S/C40H27NO/c1-2-12-33(13-3-1)41(34-23-20-29(21-24-34)31-19-18-28-10-4-5-11-30(28)26-31)38-16-8-6-14-35(38)32-22-25-37-36-15-7-9-17-39(36)42-40(37)27-32/h1-27H. The Hall–Kier alpha value is -5.60. The third-order valence-corrected chi connectivity index (χ3v) is 8.06. The Bertz CT molecular complexity index is 2190. The summed E-state index contributed by atoms with van der Waals surface area (Å²) in [6.07, 6.45) is 0. The van der Waals surface area contributed by atoms with Crippen molar-refractivity contribution in [2.75, 3.05) is 4.90 Å². The van der Waals surface area contributed by atoms with Gasteiger partial charge in [0.05, 0.1) is 5.69 Å². The first-order valence-corrected chi connectivity index (χ1v) is 14.3. The number of furan rings is 1. The monoisotopic (exact) mass is 537 g/mol. The Morgan fingerprint density at radius 3 is 1.90 bits per heavy atom. The predicted octanol–water partition coefficient (Wildman–Crippen LogP) is 11.5. The Labute approximate surface area is 244 Å². The lowest BCUT2D eigenvalue weighted by atomic mass is 9.99. The second-order valence-electron chi connectivity index (χ2n) is 10.6. The van der Waals surface area contributed by atoms with Gasteiger partial charge in [-0.2, -0.15) is 0 Å². The van der Waals surface area contributed by atoms with Crippen LogP contribution < -0.4 is 4.90 Å². The van der Waals surface area contributed by atoms with Gasteiger partial charge in [-0.3, -0.25) is 0 Å². The number of para-hydroxylation sites is 3. The van der Waals surface area contributed by atoms with E-state index in [-0.39, 0.29) is 0 Å². The van der Waals surface area contributed by atoms with Crippen LogP contribution in [0.25, 0.3) is 55.0 Å². The van der Waals surface area contributed by atoms with Crippen molar-refractivity contribution in [3.63, 3.8) is 0 Å². The first kappa shape index (κ1) is 24.2. The van der Waals surface area contributed by atoms with E-state index in [2.05, 4.69) is 157 Å². The summed E-state index contributed by atoms with van der Waals surface area (Å²) in [6.45, 7) is 0. The zero-order valence-electron chi connectivity index (χ0n) is 22.9. The van der Waals surface area contributed by atoms with Gasteiger partial charge in [-0.15, -0.1) is 0 Å². The molecular formula is C40H27NO. The molecule has 198 valence electrons. The number of nitrogens with zero attached hydrogens (tertiary/aromatic N) is 1. The van der Waals surface area contributed by atoms with Crippen LogP contribution in [0.2, 0.25) is 0 Å². The van der Waals surface area contributed by atoms with E-state index in [1.807, 2.05) is 12.1 Å². The minimum absolute atomic E-state index is 0.898. The predicted molar refractivity (Wildman–Crippen MR) is 177 cm³/mol. The third kappa shape index (κ3) is 4.22. The first-order valence-electron chi connectivity index (χ1n) is 14.3. The molecule has 0 amide bonds. The Balaban J connectivity index is 1.24. The van der Waals surface area contributed by atoms with E-state index in [1.54, 1.807) is 0 Å². The van der Waals surface area contributed by atoms with Gasteiger partial charge in [0, 0.05) is 27.7 Å². The topological polar surface area (TPSA) is 16.4 Å². The van der Waals surface area contributed by atoms with Crippen LogP contribution in [0.3, 0.4) is 0 Å².